The second kappa shape index (κ2) is 13.2. The number of anilines is 2. The van der Waals surface area contributed by atoms with Crippen LogP contribution in [0.4, 0.5) is 33.3 Å². The average Bonchev–Trinajstić information content (AvgIpc) is 2.89. The number of carboxylic acid groups (broad SMARTS) is 1. The summed E-state index contributed by atoms with van der Waals surface area (Å²) >= 11 is 0. The standard InChI is InChI=1S/C29H27F5N2O5/c30-28(31,29(32,33)34)12-1-13-40-24-10-6-20(7-11-24)27(39)41-25-8-3-18(4-9-25)14-21(26(37)38)5-2-19-15-22(35)17-23(36)16-19/h3-4,6-11,14-17H,1-2,5,12-13,35-36H2,(H,37,38). The van der Waals surface area contributed by atoms with E-state index in [-0.39, 0.29) is 35.7 Å². The first kappa shape index (κ1) is 30.9. The molecule has 0 heterocycles. The van der Waals surface area contributed by atoms with Gasteiger partial charge in [-0.15, -0.1) is 0 Å². The highest BCUT2D eigenvalue weighted by molar-refractivity contribution is 5.92. The number of carbonyl (C=O) groups is 2. The predicted octanol–water partition coefficient (Wildman–Crippen LogP) is 6.53. The van der Waals surface area contributed by atoms with Crippen molar-refractivity contribution in [2.45, 2.75) is 37.8 Å². The first-order valence-corrected chi connectivity index (χ1v) is 12.3. The zero-order valence-corrected chi connectivity index (χ0v) is 21.6. The summed E-state index contributed by atoms with van der Waals surface area (Å²) in [7, 11) is 0. The van der Waals surface area contributed by atoms with E-state index in [1.54, 1.807) is 30.3 Å². The average molecular weight is 579 g/mol. The monoisotopic (exact) mass is 578 g/mol. The van der Waals surface area contributed by atoms with Gasteiger partial charge in [-0.2, -0.15) is 22.0 Å². The first-order chi connectivity index (χ1) is 19.2. The summed E-state index contributed by atoms with van der Waals surface area (Å²) in [4.78, 5) is 24.2. The van der Waals surface area contributed by atoms with Gasteiger partial charge in [0.25, 0.3) is 0 Å². The maximum atomic E-state index is 12.9. The molecule has 0 bridgehead atoms. The molecule has 7 nitrogen and oxygen atoms in total. The van der Waals surface area contributed by atoms with Crippen LogP contribution in [-0.4, -0.2) is 35.8 Å². The molecule has 0 aliphatic heterocycles. The Morgan fingerprint density at radius 3 is 2.00 bits per heavy atom. The molecule has 0 saturated carbocycles. The van der Waals surface area contributed by atoms with Gasteiger partial charge < -0.3 is 26.0 Å². The van der Waals surface area contributed by atoms with Gasteiger partial charge in [0.2, 0.25) is 0 Å². The molecule has 0 spiro atoms. The van der Waals surface area contributed by atoms with E-state index in [0.717, 1.165) is 5.56 Å². The van der Waals surface area contributed by atoms with Crippen LogP contribution < -0.4 is 20.9 Å². The van der Waals surface area contributed by atoms with Crippen molar-refractivity contribution in [1.29, 1.82) is 0 Å². The summed E-state index contributed by atoms with van der Waals surface area (Å²) in [5.41, 5.74) is 14.2. The van der Waals surface area contributed by atoms with Crippen LogP contribution in [0.3, 0.4) is 0 Å². The summed E-state index contributed by atoms with van der Waals surface area (Å²) in [6, 6.07) is 16.7. The van der Waals surface area contributed by atoms with Gasteiger partial charge in [-0.1, -0.05) is 12.1 Å². The minimum atomic E-state index is -5.61. The Balaban J connectivity index is 1.53. The topological polar surface area (TPSA) is 125 Å². The molecular formula is C29H27F5N2O5. The van der Waals surface area contributed by atoms with Crippen LogP contribution in [-0.2, 0) is 11.2 Å². The van der Waals surface area contributed by atoms with Gasteiger partial charge in [-0.05, 0) is 91.1 Å². The van der Waals surface area contributed by atoms with Crippen LogP contribution in [0.1, 0.15) is 40.7 Å². The van der Waals surface area contributed by atoms with Gasteiger partial charge in [0, 0.05) is 23.4 Å². The number of aryl methyl sites for hydroxylation is 1. The van der Waals surface area contributed by atoms with Crippen molar-refractivity contribution in [3.05, 3.63) is 89.0 Å². The van der Waals surface area contributed by atoms with Crippen molar-refractivity contribution < 1.29 is 46.1 Å². The second-order valence-electron chi connectivity index (χ2n) is 9.12. The van der Waals surface area contributed by atoms with Crippen LogP contribution in [0, 0.1) is 0 Å². The van der Waals surface area contributed by atoms with Crippen LogP contribution in [0.2, 0.25) is 0 Å². The number of halogens is 5. The van der Waals surface area contributed by atoms with E-state index in [2.05, 4.69) is 0 Å². The Morgan fingerprint density at radius 1 is 0.854 bits per heavy atom. The van der Waals surface area contributed by atoms with Crippen molar-refractivity contribution in [3.63, 3.8) is 0 Å². The molecule has 0 amide bonds. The highest BCUT2D eigenvalue weighted by atomic mass is 19.4. The van der Waals surface area contributed by atoms with Crippen LogP contribution >= 0.6 is 0 Å². The molecule has 0 fully saturated rings. The van der Waals surface area contributed by atoms with Gasteiger partial charge >= 0.3 is 24.0 Å². The predicted molar refractivity (Wildman–Crippen MR) is 143 cm³/mol. The summed E-state index contributed by atoms with van der Waals surface area (Å²) in [6.07, 6.45) is -5.37. The van der Waals surface area contributed by atoms with E-state index < -0.39 is 36.9 Å². The number of rotatable bonds is 12. The van der Waals surface area contributed by atoms with E-state index in [9.17, 15) is 36.6 Å². The Kier molecular flexibility index (Phi) is 9.93. The Hall–Kier alpha value is -4.61. The zero-order chi connectivity index (χ0) is 30.2. The third-order valence-electron chi connectivity index (χ3n) is 5.84. The molecule has 0 atom stereocenters. The number of hydrogen-bond acceptors (Lipinski definition) is 6. The molecule has 41 heavy (non-hydrogen) atoms. The van der Waals surface area contributed by atoms with Crippen molar-refractivity contribution in [2.75, 3.05) is 18.1 Å². The Bertz CT molecular complexity index is 1370. The molecule has 0 aliphatic rings. The SMILES string of the molecule is Nc1cc(N)cc(CCC(=Cc2ccc(OC(=O)c3ccc(OCCCC(F)(F)C(F)(F)F)cc3)cc2)C(=O)O)c1. The van der Waals surface area contributed by atoms with Crippen molar-refractivity contribution in [3.8, 4) is 11.5 Å². The molecule has 3 rings (SSSR count). The number of esters is 1. The third-order valence-corrected chi connectivity index (χ3v) is 5.84. The molecule has 3 aromatic carbocycles. The summed E-state index contributed by atoms with van der Waals surface area (Å²) in [5, 5.41) is 9.60. The number of alkyl halides is 5. The Labute approximate surface area is 232 Å². The number of carboxylic acids is 1. The highest BCUT2D eigenvalue weighted by Gasteiger charge is 2.56. The van der Waals surface area contributed by atoms with Crippen LogP contribution in [0.25, 0.3) is 6.08 Å². The van der Waals surface area contributed by atoms with Gasteiger partial charge in [0.1, 0.15) is 11.5 Å². The number of benzene rings is 3. The molecule has 3 aromatic rings. The van der Waals surface area contributed by atoms with E-state index in [4.69, 9.17) is 20.9 Å². The molecule has 0 aromatic heterocycles. The molecule has 218 valence electrons. The lowest BCUT2D eigenvalue weighted by Crippen LogP contribution is -2.36. The normalized spacial score (nSPS) is 12.2. The lowest BCUT2D eigenvalue weighted by atomic mass is 10.0. The number of aliphatic carboxylic acids is 1. The molecule has 12 heteroatoms. The highest BCUT2D eigenvalue weighted by Crippen LogP contribution is 2.38. The lowest BCUT2D eigenvalue weighted by Gasteiger charge is -2.19. The van der Waals surface area contributed by atoms with E-state index in [1.165, 1.54) is 42.5 Å². The van der Waals surface area contributed by atoms with Crippen LogP contribution in [0.15, 0.2) is 72.3 Å². The second-order valence-corrected chi connectivity index (χ2v) is 9.12. The summed E-state index contributed by atoms with van der Waals surface area (Å²) in [6.45, 7) is -0.366. The maximum absolute atomic E-state index is 12.9. The fourth-order valence-electron chi connectivity index (χ4n) is 3.72. The first-order valence-electron chi connectivity index (χ1n) is 12.3. The molecular weight excluding hydrogens is 551 g/mol. The van der Waals surface area contributed by atoms with Crippen molar-refractivity contribution >= 4 is 29.4 Å². The van der Waals surface area contributed by atoms with Gasteiger partial charge in [-0.3, -0.25) is 0 Å². The quantitative estimate of drug-likeness (QED) is 0.0558. The smallest absolute Gasteiger partial charge is 0.453 e. The van der Waals surface area contributed by atoms with Gasteiger partial charge in [-0.25, -0.2) is 9.59 Å². The largest absolute Gasteiger partial charge is 0.494 e. The minimum absolute atomic E-state index is 0.139. The van der Waals surface area contributed by atoms with Crippen molar-refractivity contribution in [2.24, 2.45) is 0 Å². The van der Waals surface area contributed by atoms with E-state index >= 15 is 0 Å². The molecule has 0 aliphatic carbocycles. The van der Waals surface area contributed by atoms with E-state index in [0.29, 0.717) is 23.4 Å². The number of carbonyl (C=O) groups excluding carboxylic acids is 1. The molecule has 0 radical (unpaired) electrons. The zero-order valence-electron chi connectivity index (χ0n) is 21.6. The van der Waals surface area contributed by atoms with Crippen LogP contribution in [0.5, 0.6) is 11.5 Å². The number of nitrogen functional groups attached to an aromatic ring is 2. The van der Waals surface area contributed by atoms with E-state index in [1.807, 2.05) is 0 Å². The number of ether oxygens (including phenoxy) is 2. The van der Waals surface area contributed by atoms with Gasteiger partial charge in [0.15, 0.2) is 0 Å². The lowest BCUT2D eigenvalue weighted by molar-refractivity contribution is -0.284. The van der Waals surface area contributed by atoms with Crippen molar-refractivity contribution in [1.82, 2.24) is 0 Å². The molecule has 0 unspecified atom stereocenters. The maximum Gasteiger partial charge on any atom is 0.453 e. The number of nitrogens with two attached hydrogens (primary N) is 2. The van der Waals surface area contributed by atoms with Gasteiger partial charge in [0.05, 0.1) is 12.2 Å². The Morgan fingerprint density at radius 2 is 1.44 bits per heavy atom. The summed E-state index contributed by atoms with van der Waals surface area (Å²) < 4.78 is 72.9. The summed E-state index contributed by atoms with van der Waals surface area (Å²) in [5.74, 6) is -6.20. The molecule has 5 N–H and O–H groups in total. The fraction of sp³-hybridized carbons (Fsp3) is 0.241. The molecule has 0 saturated heterocycles. The fourth-order valence-corrected chi connectivity index (χ4v) is 3.72. The number of hydrogen-bond donors (Lipinski definition) is 3. The third kappa shape index (κ3) is 9.23. The minimum Gasteiger partial charge on any atom is -0.494 e.